The van der Waals surface area contributed by atoms with Crippen molar-refractivity contribution in [2.24, 2.45) is 0 Å². The Morgan fingerprint density at radius 1 is 1.00 bits per heavy atom. The highest BCUT2D eigenvalue weighted by molar-refractivity contribution is 6.36. The maximum Gasteiger partial charge on any atom is 0.255 e. The minimum atomic E-state index is -0.370. The average Bonchev–Trinajstić information content (AvgIpc) is 3.43. The van der Waals surface area contributed by atoms with E-state index in [-0.39, 0.29) is 23.4 Å². The Kier molecular flexibility index (Phi) is 10.1. The van der Waals surface area contributed by atoms with Crippen LogP contribution >= 0.6 is 23.2 Å². The fourth-order valence-electron chi connectivity index (χ4n) is 4.94. The number of halogens is 2. The molecule has 0 radical (unpaired) electrons. The largest absolute Gasteiger partial charge is 0.379 e. The first-order chi connectivity index (χ1) is 20.8. The molecule has 0 bridgehead atoms. The molecule has 1 aliphatic heterocycles. The predicted octanol–water partition coefficient (Wildman–Crippen LogP) is 6.38. The van der Waals surface area contributed by atoms with Crippen molar-refractivity contribution in [3.8, 4) is 16.9 Å². The Morgan fingerprint density at radius 3 is 2.40 bits per heavy atom. The molecule has 8 nitrogen and oxygen atoms in total. The van der Waals surface area contributed by atoms with E-state index in [0.29, 0.717) is 48.8 Å². The van der Waals surface area contributed by atoms with Crippen molar-refractivity contribution in [3.05, 3.63) is 100 Å². The van der Waals surface area contributed by atoms with Gasteiger partial charge in [-0.1, -0.05) is 79.5 Å². The molecule has 224 valence electrons. The summed E-state index contributed by atoms with van der Waals surface area (Å²) in [7, 11) is 0. The number of carbonyl (C=O) groups is 2. The topological polar surface area (TPSA) is 79.7 Å². The Hall–Kier alpha value is -3.69. The number of anilines is 1. The number of nitrogens with zero attached hydrogens (tertiary/aromatic N) is 4. The first-order valence-electron chi connectivity index (χ1n) is 14.4. The van der Waals surface area contributed by atoms with E-state index in [0.717, 1.165) is 30.0 Å². The van der Waals surface area contributed by atoms with Crippen LogP contribution in [0.1, 0.15) is 35.7 Å². The number of hydrogen-bond acceptors (Lipinski definition) is 5. The van der Waals surface area contributed by atoms with Gasteiger partial charge < -0.3 is 9.64 Å². The number of imidazole rings is 1. The highest BCUT2D eigenvalue weighted by atomic mass is 35.5. The van der Waals surface area contributed by atoms with Crippen molar-refractivity contribution >= 4 is 41.0 Å². The smallest absolute Gasteiger partial charge is 0.255 e. The van der Waals surface area contributed by atoms with E-state index in [4.69, 9.17) is 32.9 Å². The summed E-state index contributed by atoms with van der Waals surface area (Å²) in [6.45, 7) is 7.87. The molecular formula is C33H35Cl2N5O3. The lowest BCUT2D eigenvalue weighted by atomic mass is 10.0. The molecule has 0 saturated carbocycles. The molecule has 0 spiro atoms. The van der Waals surface area contributed by atoms with Crippen molar-refractivity contribution < 1.29 is 14.3 Å². The van der Waals surface area contributed by atoms with Crippen LogP contribution in [0.5, 0.6) is 0 Å². The van der Waals surface area contributed by atoms with Crippen LogP contribution in [-0.2, 0) is 9.53 Å². The van der Waals surface area contributed by atoms with Gasteiger partial charge in [-0.25, -0.2) is 4.98 Å². The van der Waals surface area contributed by atoms with Gasteiger partial charge in [0.15, 0.2) is 0 Å². The number of amides is 2. The Labute approximate surface area is 262 Å². The van der Waals surface area contributed by atoms with Crippen molar-refractivity contribution in [2.45, 2.75) is 19.8 Å². The summed E-state index contributed by atoms with van der Waals surface area (Å²) in [5.41, 5.74) is 4.02. The molecule has 1 saturated heterocycles. The minimum absolute atomic E-state index is 0.179. The molecule has 10 heteroatoms. The third-order valence-electron chi connectivity index (χ3n) is 7.44. The van der Waals surface area contributed by atoms with E-state index in [1.54, 1.807) is 12.1 Å². The summed E-state index contributed by atoms with van der Waals surface area (Å²) in [6.07, 6.45) is 1.91. The number of carbonyl (C=O) groups excluding carboxylic acids is 2. The Bertz CT molecular complexity index is 1550. The summed E-state index contributed by atoms with van der Waals surface area (Å²) in [5, 5.41) is 3.64. The summed E-state index contributed by atoms with van der Waals surface area (Å²) in [5.74, 6) is 0.0469. The van der Waals surface area contributed by atoms with Crippen LogP contribution < -0.4 is 5.32 Å². The number of hydrogen-bond donors (Lipinski definition) is 1. The molecule has 5 rings (SSSR count). The number of nitrogens with one attached hydrogen (secondary N) is 1. The number of rotatable bonds is 10. The number of aromatic nitrogens is 2. The van der Waals surface area contributed by atoms with Crippen LogP contribution in [0, 0.1) is 0 Å². The van der Waals surface area contributed by atoms with Gasteiger partial charge in [0.2, 0.25) is 11.9 Å². The molecule has 43 heavy (non-hydrogen) atoms. The van der Waals surface area contributed by atoms with E-state index in [2.05, 4.69) is 36.2 Å². The SMILES string of the molecule is CC(C)c1ccc(-n2cc(-c3ccccc3)nc2NC(=O)CN(CCN2CCOCC2)C(=O)c2ccc(Cl)cc2Cl)cc1. The Morgan fingerprint density at radius 2 is 1.72 bits per heavy atom. The van der Waals surface area contributed by atoms with Gasteiger partial charge in [-0.15, -0.1) is 0 Å². The number of ether oxygens (including phenoxy) is 1. The van der Waals surface area contributed by atoms with Crippen molar-refractivity contribution in [1.29, 1.82) is 0 Å². The molecule has 4 aromatic rings. The standard InChI is InChI=1S/C33H35Cl2N5O3/c1-23(2)24-8-11-27(12-9-24)40-21-30(25-6-4-3-5-7-25)36-33(40)37-31(41)22-39(15-14-38-16-18-43-19-17-38)32(42)28-13-10-26(34)20-29(28)35/h3-13,20-21,23H,14-19,22H2,1-2H3,(H,36,37,41). The molecule has 3 aromatic carbocycles. The van der Waals surface area contributed by atoms with Gasteiger partial charge in [0.05, 0.1) is 29.5 Å². The van der Waals surface area contributed by atoms with Gasteiger partial charge in [0.1, 0.15) is 6.54 Å². The fraction of sp³-hybridized carbons (Fsp3) is 0.303. The maximum absolute atomic E-state index is 13.7. The monoisotopic (exact) mass is 619 g/mol. The molecule has 1 fully saturated rings. The second kappa shape index (κ2) is 14.2. The first-order valence-corrected chi connectivity index (χ1v) is 15.1. The average molecular weight is 621 g/mol. The Balaban J connectivity index is 1.40. The van der Waals surface area contributed by atoms with Crippen LogP contribution in [-0.4, -0.2) is 77.1 Å². The van der Waals surface area contributed by atoms with E-state index in [1.165, 1.54) is 16.5 Å². The predicted molar refractivity (Wildman–Crippen MR) is 171 cm³/mol. The van der Waals surface area contributed by atoms with Crippen molar-refractivity contribution in [3.63, 3.8) is 0 Å². The number of benzene rings is 3. The van der Waals surface area contributed by atoms with Gasteiger partial charge in [-0.2, -0.15) is 0 Å². The van der Waals surface area contributed by atoms with Crippen LogP contribution in [0.15, 0.2) is 79.0 Å². The summed E-state index contributed by atoms with van der Waals surface area (Å²) in [6, 6.07) is 22.7. The summed E-state index contributed by atoms with van der Waals surface area (Å²) in [4.78, 5) is 35.7. The van der Waals surface area contributed by atoms with Crippen LogP contribution in [0.25, 0.3) is 16.9 Å². The fourth-order valence-corrected chi connectivity index (χ4v) is 5.43. The molecule has 0 aliphatic carbocycles. The van der Waals surface area contributed by atoms with E-state index < -0.39 is 0 Å². The van der Waals surface area contributed by atoms with Crippen LogP contribution in [0.2, 0.25) is 10.0 Å². The highest BCUT2D eigenvalue weighted by Crippen LogP contribution is 2.26. The zero-order chi connectivity index (χ0) is 30.3. The quantitative estimate of drug-likeness (QED) is 0.223. The lowest BCUT2D eigenvalue weighted by molar-refractivity contribution is -0.117. The number of morpholine rings is 1. The van der Waals surface area contributed by atoms with Gasteiger partial charge >= 0.3 is 0 Å². The highest BCUT2D eigenvalue weighted by Gasteiger charge is 2.24. The molecule has 0 atom stereocenters. The van der Waals surface area contributed by atoms with Crippen molar-refractivity contribution in [2.75, 3.05) is 51.3 Å². The van der Waals surface area contributed by atoms with Crippen molar-refractivity contribution in [1.82, 2.24) is 19.4 Å². The van der Waals surface area contributed by atoms with E-state index in [1.807, 2.05) is 53.2 Å². The van der Waals surface area contributed by atoms with Crippen LogP contribution in [0.3, 0.4) is 0 Å². The van der Waals surface area contributed by atoms with Gasteiger partial charge in [0.25, 0.3) is 5.91 Å². The molecule has 1 aromatic heterocycles. The first kappa shape index (κ1) is 30.8. The minimum Gasteiger partial charge on any atom is -0.379 e. The molecule has 2 amide bonds. The van der Waals surface area contributed by atoms with E-state index >= 15 is 0 Å². The van der Waals surface area contributed by atoms with Crippen LogP contribution in [0.4, 0.5) is 5.95 Å². The summed E-state index contributed by atoms with van der Waals surface area (Å²) >= 11 is 12.5. The normalized spacial score (nSPS) is 13.7. The lowest BCUT2D eigenvalue weighted by Gasteiger charge is -2.30. The molecule has 1 aliphatic rings. The summed E-state index contributed by atoms with van der Waals surface area (Å²) < 4.78 is 7.32. The second-order valence-electron chi connectivity index (χ2n) is 10.8. The maximum atomic E-state index is 13.7. The third kappa shape index (κ3) is 7.83. The van der Waals surface area contributed by atoms with Gasteiger partial charge in [-0.05, 0) is 41.8 Å². The van der Waals surface area contributed by atoms with Gasteiger partial charge in [0, 0.05) is 48.6 Å². The zero-order valence-electron chi connectivity index (χ0n) is 24.3. The molecular weight excluding hydrogens is 585 g/mol. The third-order valence-corrected chi connectivity index (χ3v) is 7.99. The van der Waals surface area contributed by atoms with E-state index in [9.17, 15) is 9.59 Å². The zero-order valence-corrected chi connectivity index (χ0v) is 25.8. The molecule has 0 unspecified atom stereocenters. The second-order valence-corrected chi connectivity index (χ2v) is 11.6. The molecule has 1 N–H and O–H groups in total. The lowest BCUT2D eigenvalue weighted by Crippen LogP contribution is -2.45. The van der Waals surface area contributed by atoms with Gasteiger partial charge in [-0.3, -0.25) is 24.4 Å². The molecule has 2 heterocycles.